The molecule has 2 aromatic carbocycles. The highest BCUT2D eigenvalue weighted by atomic mass is 16.1. The predicted octanol–water partition coefficient (Wildman–Crippen LogP) is 3.75. The molecule has 0 aliphatic heterocycles. The number of benzene rings is 2. The lowest BCUT2D eigenvalue weighted by atomic mass is 10.0. The normalized spacial score (nSPS) is 11.9. The second-order valence-electron chi connectivity index (χ2n) is 6.60. The summed E-state index contributed by atoms with van der Waals surface area (Å²) in [5, 5.41) is 7.10. The molecule has 1 amide bonds. The number of aromatic nitrogens is 4. The first-order chi connectivity index (χ1) is 13.8. The van der Waals surface area contributed by atoms with Gasteiger partial charge in [0, 0.05) is 18.1 Å². The van der Waals surface area contributed by atoms with E-state index in [9.17, 15) is 4.79 Å². The highest BCUT2D eigenvalue weighted by Crippen LogP contribution is 2.23. The van der Waals surface area contributed by atoms with Gasteiger partial charge < -0.3 is 9.88 Å². The van der Waals surface area contributed by atoms with Crippen molar-refractivity contribution in [1.82, 2.24) is 19.3 Å². The average Bonchev–Trinajstić information content (AvgIpc) is 3.43. The fraction of sp³-hybridized carbons (Fsp3) is 0.136. The van der Waals surface area contributed by atoms with E-state index in [1.807, 2.05) is 67.0 Å². The predicted molar refractivity (Wildman–Crippen MR) is 108 cm³/mol. The molecule has 1 unspecified atom stereocenters. The number of hydrogen-bond donors (Lipinski definition) is 1. The Hall–Kier alpha value is -3.67. The van der Waals surface area contributed by atoms with Crippen LogP contribution in [0.15, 0.2) is 91.8 Å². The minimum absolute atomic E-state index is 0.0217. The van der Waals surface area contributed by atoms with E-state index < -0.39 is 0 Å². The van der Waals surface area contributed by atoms with E-state index in [0.29, 0.717) is 13.0 Å². The topological polar surface area (TPSA) is 64.7 Å². The zero-order valence-corrected chi connectivity index (χ0v) is 15.3. The summed E-state index contributed by atoms with van der Waals surface area (Å²) in [5.74, 6) is -0.0217. The van der Waals surface area contributed by atoms with Gasteiger partial charge in [-0.15, -0.1) is 0 Å². The lowest BCUT2D eigenvalue weighted by Crippen LogP contribution is -2.19. The van der Waals surface area contributed by atoms with Gasteiger partial charge >= 0.3 is 0 Å². The fourth-order valence-corrected chi connectivity index (χ4v) is 3.21. The molecule has 6 heteroatoms. The largest absolute Gasteiger partial charge is 0.346 e. The summed E-state index contributed by atoms with van der Waals surface area (Å²) in [6.07, 6.45) is 7.54. The van der Waals surface area contributed by atoms with Crippen molar-refractivity contribution in [3.05, 3.63) is 103 Å². The quantitative estimate of drug-likeness (QED) is 0.538. The van der Waals surface area contributed by atoms with Gasteiger partial charge in [0.05, 0.1) is 19.0 Å². The molecule has 0 saturated heterocycles. The summed E-state index contributed by atoms with van der Waals surface area (Å²) >= 11 is 0. The maximum Gasteiger partial charge on any atom is 0.226 e. The van der Waals surface area contributed by atoms with Crippen LogP contribution >= 0.6 is 0 Å². The molecule has 0 bridgehead atoms. The third kappa shape index (κ3) is 4.35. The Morgan fingerprint density at radius 1 is 0.964 bits per heavy atom. The highest BCUT2D eigenvalue weighted by molar-refractivity contribution is 5.91. The van der Waals surface area contributed by atoms with Crippen LogP contribution in [0.4, 0.5) is 5.69 Å². The molecule has 0 radical (unpaired) electrons. The number of nitrogens with one attached hydrogen (secondary N) is 1. The van der Waals surface area contributed by atoms with Crippen molar-refractivity contribution in [1.29, 1.82) is 0 Å². The van der Waals surface area contributed by atoms with Crippen LogP contribution in [0.25, 0.3) is 0 Å². The molecular weight excluding hydrogens is 350 g/mol. The van der Waals surface area contributed by atoms with Gasteiger partial charge in [-0.1, -0.05) is 42.5 Å². The standard InChI is InChI=1S/C22H21N5O/c28-22(14-21(26-12-4-5-13-26)19-6-2-1-3-7-19)25-20-10-8-18(9-11-20)15-27-17-23-16-24-27/h1-13,16-17,21H,14-15H2,(H,25,28). The maximum atomic E-state index is 12.7. The molecule has 4 rings (SSSR count). The average molecular weight is 371 g/mol. The Labute approximate surface area is 163 Å². The summed E-state index contributed by atoms with van der Waals surface area (Å²) in [6, 6.07) is 21.8. The van der Waals surface area contributed by atoms with Gasteiger partial charge in [-0.05, 0) is 35.4 Å². The van der Waals surface area contributed by atoms with E-state index in [0.717, 1.165) is 16.8 Å². The van der Waals surface area contributed by atoms with Crippen LogP contribution in [0.5, 0.6) is 0 Å². The van der Waals surface area contributed by atoms with E-state index in [-0.39, 0.29) is 11.9 Å². The third-order valence-corrected chi connectivity index (χ3v) is 4.60. The van der Waals surface area contributed by atoms with Crippen LogP contribution in [0.1, 0.15) is 23.6 Å². The third-order valence-electron chi connectivity index (χ3n) is 4.60. The van der Waals surface area contributed by atoms with E-state index in [1.54, 1.807) is 11.0 Å². The van der Waals surface area contributed by atoms with Crippen LogP contribution in [-0.2, 0) is 11.3 Å². The molecule has 0 fully saturated rings. The summed E-state index contributed by atoms with van der Waals surface area (Å²) in [4.78, 5) is 16.6. The Kier molecular flexibility index (Phi) is 5.29. The Bertz CT molecular complexity index is 993. The zero-order chi connectivity index (χ0) is 19.2. The van der Waals surface area contributed by atoms with Gasteiger partial charge in [-0.2, -0.15) is 5.10 Å². The van der Waals surface area contributed by atoms with Crippen molar-refractivity contribution in [2.24, 2.45) is 0 Å². The summed E-state index contributed by atoms with van der Waals surface area (Å²) in [7, 11) is 0. The van der Waals surface area contributed by atoms with Crippen molar-refractivity contribution in [2.75, 3.05) is 5.32 Å². The molecule has 0 spiro atoms. The molecule has 1 N–H and O–H groups in total. The fourth-order valence-electron chi connectivity index (χ4n) is 3.21. The van der Waals surface area contributed by atoms with Crippen molar-refractivity contribution < 1.29 is 4.79 Å². The zero-order valence-electron chi connectivity index (χ0n) is 15.3. The van der Waals surface area contributed by atoms with Crippen molar-refractivity contribution in [3.8, 4) is 0 Å². The first-order valence-electron chi connectivity index (χ1n) is 9.16. The van der Waals surface area contributed by atoms with Gasteiger partial charge in [-0.3, -0.25) is 4.79 Å². The van der Waals surface area contributed by atoms with Crippen LogP contribution in [0.2, 0.25) is 0 Å². The molecule has 140 valence electrons. The lowest BCUT2D eigenvalue weighted by molar-refractivity contribution is -0.116. The van der Waals surface area contributed by atoms with Crippen molar-refractivity contribution in [3.63, 3.8) is 0 Å². The minimum Gasteiger partial charge on any atom is -0.346 e. The number of hydrogen-bond acceptors (Lipinski definition) is 3. The highest BCUT2D eigenvalue weighted by Gasteiger charge is 2.17. The second-order valence-corrected chi connectivity index (χ2v) is 6.60. The van der Waals surface area contributed by atoms with Gasteiger partial charge in [0.25, 0.3) is 0 Å². The number of amides is 1. The lowest BCUT2D eigenvalue weighted by Gasteiger charge is -2.19. The summed E-state index contributed by atoms with van der Waals surface area (Å²) in [5.41, 5.74) is 2.99. The first-order valence-corrected chi connectivity index (χ1v) is 9.16. The van der Waals surface area contributed by atoms with Gasteiger partial charge in [0.15, 0.2) is 0 Å². The molecule has 2 aromatic heterocycles. The molecule has 4 aromatic rings. The van der Waals surface area contributed by atoms with Gasteiger partial charge in [0.2, 0.25) is 5.91 Å². The Balaban J connectivity index is 1.42. The molecule has 6 nitrogen and oxygen atoms in total. The van der Waals surface area contributed by atoms with E-state index in [4.69, 9.17) is 0 Å². The van der Waals surface area contributed by atoms with Crippen LogP contribution < -0.4 is 5.32 Å². The van der Waals surface area contributed by atoms with E-state index in [2.05, 4.69) is 32.1 Å². The van der Waals surface area contributed by atoms with Gasteiger partial charge in [0.1, 0.15) is 12.7 Å². The van der Waals surface area contributed by atoms with Crippen LogP contribution in [0.3, 0.4) is 0 Å². The number of rotatable bonds is 7. The van der Waals surface area contributed by atoms with Crippen molar-refractivity contribution in [2.45, 2.75) is 19.0 Å². The van der Waals surface area contributed by atoms with Crippen LogP contribution in [-0.4, -0.2) is 25.2 Å². The first kappa shape index (κ1) is 17.7. The molecule has 0 aliphatic rings. The summed E-state index contributed by atoms with van der Waals surface area (Å²) in [6.45, 7) is 0.651. The molecule has 1 atom stereocenters. The maximum absolute atomic E-state index is 12.7. The Morgan fingerprint density at radius 2 is 1.71 bits per heavy atom. The number of nitrogens with zero attached hydrogens (tertiary/aromatic N) is 4. The number of anilines is 1. The van der Waals surface area contributed by atoms with E-state index >= 15 is 0 Å². The molecule has 2 heterocycles. The Morgan fingerprint density at radius 3 is 2.39 bits per heavy atom. The molecular formula is C22H21N5O. The minimum atomic E-state index is -0.0391. The van der Waals surface area contributed by atoms with Crippen molar-refractivity contribution >= 4 is 11.6 Å². The monoisotopic (exact) mass is 371 g/mol. The smallest absolute Gasteiger partial charge is 0.226 e. The van der Waals surface area contributed by atoms with E-state index in [1.165, 1.54) is 6.33 Å². The molecule has 0 aliphatic carbocycles. The van der Waals surface area contributed by atoms with Crippen LogP contribution in [0, 0.1) is 0 Å². The van der Waals surface area contributed by atoms with Gasteiger partial charge in [-0.25, -0.2) is 9.67 Å². The SMILES string of the molecule is O=C(CC(c1ccccc1)n1cccc1)Nc1ccc(Cn2cncn2)cc1. The number of carbonyl (C=O) groups is 1. The molecule has 0 saturated carbocycles. The molecule has 28 heavy (non-hydrogen) atoms. The second kappa shape index (κ2) is 8.35. The number of carbonyl (C=O) groups excluding carboxylic acids is 1. The summed E-state index contributed by atoms with van der Waals surface area (Å²) < 4.78 is 3.82.